The van der Waals surface area contributed by atoms with E-state index in [2.05, 4.69) is 5.32 Å². The molecule has 2 atom stereocenters. The summed E-state index contributed by atoms with van der Waals surface area (Å²) in [5, 5.41) is 3.14. The number of fused-ring (bicyclic) bond motifs is 1. The SMILES string of the molecule is CN(CC(=O)Nc1ccccc1Cl)C(=O)[C@@H]1CS[C@]2(C)CCC(=O)N12. The van der Waals surface area contributed by atoms with E-state index in [1.807, 2.05) is 6.92 Å². The van der Waals surface area contributed by atoms with Crippen LogP contribution in [0, 0.1) is 0 Å². The smallest absolute Gasteiger partial charge is 0.246 e. The van der Waals surface area contributed by atoms with Crippen LogP contribution in [-0.2, 0) is 14.4 Å². The molecule has 1 aromatic rings. The maximum atomic E-state index is 12.7. The van der Waals surface area contributed by atoms with Gasteiger partial charge in [0.15, 0.2) is 0 Å². The Bertz CT molecular complexity index is 729. The van der Waals surface area contributed by atoms with E-state index >= 15 is 0 Å². The Morgan fingerprint density at radius 1 is 1.44 bits per heavy atom. The van der Waals surface area contributed by atoms with E-state index in [0.717, 1.165) is 6.42 Å². The van der Waals surface area contributed by atoms with Gasteiger partial charge in [-0.05, 0) is 25.5 Å². The molecule has 0 aliphatic carbocycles. The number of carbonyl (C=O) groups is 3. The quantitative estimate of drug-likeness (QED) is 0.868. The van der Waals surface area contributed by atoms with Gasteiger partial charge in [-0.1, -0.05) is 23.7 Å². The van der Waals surface area contributed by atoms with Crippen LogP contribution in [0.3, 0.4) is 0 Å². The number of thioether (sulfide) groups is 1. The van der Waals surface area contributed by atoms with Gasteiger partial charge < -0.3 is 15.1 Å². The molecule has 2 heterocycles. The van der Waals surface area contributed by atoms with Crippen LogP contribution in [-0.4, -0.2) is 57.8 Å². The van der Waals surface area contributed by atoms with E-state index in [-0.39, 0.29) is 29.1 Å². The van der Waals surface area contributed by atoms with Gasteiger partial charge in [-0.15, -0.1) is 11.8 Å². The Morgan fingerprint density at radius 3 is 2.88 bits per heavy atom. The fraction of sp³-hybridized carbons (Fsp3) is 0.471. The van der Waals surface area contributed by atoms with Crippen molar-refractivity contribution in [2.75, 3.05) is 24.7 Å². The van der Waals surface area contributed by atoms with Gasteiger partial charge in [-0.3, -0.25) is 14.4 Å². The summed E-state index contributed by atoms with van der Waals surface area (Å²) < 4.78 is 0. The molecule has 25 heavy (non-hydrogen) atoms. The molecule has 8 heteroatoms. The average Bonchev–Trinajstić information content (AvgIpc) is 3.05. The molecule has 1 N–H and O–H groups in total. The average molecular weight is 382 g/mol. The van der Waals surface area contributed by atoms with Crippen molar-refractivity contribution in [2.45, 2.75) is 30.7 Å². The van der Waals surface area contributed by atoms with Crippen molar-refractivity contribution in [3.05, 3.63) is 29.3 Å². The van der Waals surface area contributed by atoms with Gasteiger partial charge in [-0.25, -0.2) is 0 Å². The molecule has 1 aromatic carbocycles. The minimum absolute atomic E-state index is 0.0137. The highest BCUT2D eigenvalue weighted by Crippen LogP contribution is 2.47. The van der Waals surface area contributed by atoms with Crippen LogP contribution < -0.4 is 5.32 Å². The zero-order valence-electron chi connectivity index (χ0n) is 14.1. The maximum absolute atomic E-state index is 12.7. The molecule has 2 saturated heterocycles. The number of carbonyl (C=O) groups excluding carboxylic acids is 3. The summed E-state index contributed by atoms with van der Waals surface area (Å²) in [5.74, 6) is 0.0445. The van der Waals surface area contributed by atoms with Crippen LogP contribution in [0.15, 0.2) is 24.3 Å². The summed E-state index contributed by atoms with van der Waals surface area (Å²) in [4.78, 5) is 39.9. The third kappa shape index (κ3) is 3.48. The molecule has 2 aliphatic heterocycles. The standard InChI is InChI=1S/C17H20ClN3O3S/c1-17-8-7-15(23)21(17)13(10-25-17)16(24)20(2)9-14(22)19-12-6-4-3-5-11(12)18/h3-6,13H,7-10H2,1-2H3,(H,19,22)/t13-,17+/m0/s1. The molecule has 2 fully saturated rings. The highest BCUT2D eigenvalue weighted by atomic mass is 35.5. The minimum Gasteiger partial charge on any atom is -0.335 e. The van der Waals surface area contributed by atoms with Gasteiger partial charge in [0.05, 0.1) is 22.1 Å². The lowest BCUT2D eigenvalue weighted by molar-refractivity contribution is -0.143. The second kappa shape index (κ2) is 6.88. The number of likely N-dealkylation sites (N-methyl/N-ethyl adjacent to an activating group) is 1. The number of nitrogens with zero attached hydrogens (tertiary/aromatic N) is 2. The van der Waals surface area contributed by atoms with Crippen LogP contribution in [0.5, 0.6) is 0 Å². The van der Waals surface area contributed by atoms with E-state index < -0.39 is 6.04 Å². The first-order chi connectivity index (χ1) is 11.8. The molecule has 0 aromatic heterocycles. The van der Waals surface area contributed by atoms with E-state index in [9.17, 15) is 14.4 Å². The first kappa shape index (κ1) is 18.1. The van der Waals surface area contributed by atoms with Gasteiger partial charge >= 0.3 is 0 Å². The Balaban J connectivity index is 1.62. The Morgan fingerprint density at radius 2 is 2.16 bits per heavy atom. The van der Waals surface area contributed by atoms with Crippen LogP contribution in [0.2, 0.25) is 5.02 Å². The first-order valence-corrected chi connectivity index (χ1v) is 9.44. The van der Waals surface area contributed by atoms with Gasteiger partial charge in [0, 0.05) is 19.2 Å². The predicted molar refractivity (Wildman–Crippen MR) is 98.4 cm³/mol. The highest BCUT2D eigenvalue weighted by Gasteiger charge is 2.53. The number of hydrogen-bond acceptors (Lipinski definition) is 4. The number of halogens is 1. The lowest BCUT2D eigenvalue weighted by atomic mass is 10.2. The number of hydrogen-bond donors (Lipinski definition) is 1. The highest BCUT2D eigenvalue weighted by molar-refractivity contribution is 8.01. The minimum atomic E-state index is -0.497. The monoisotopic (exact) mass is 381 g/mol. The summed E-state index contributed by atoms with van der Waals surface area (Å²) in [6, 6.07) is 6.43. The number of benzene rings is 1. The van der Waals surface area contributed by atoms with Gasteiger partial charge in [0.2, 0.25) is 17.7 Å². The summed E-state index contributed by atoms with van der Waals surface area (Å²) in [6.45, 7) is 1.91. The van der Waals surface area contributed by atoms with Crippen molar-refractivity contribution in [3.8, 4) is 0 Å². The third-order valence-electron chi connectivity index (χ3n) is 4.63. The van der Waals surface area contributed by atoms with Crippen LogP contribution in [0.25, 0.3) is 0 Å². The molecule has 0 saturated carbocycles. The lowest BCUT2D eigenvalue weighted by Gasteiger charge is -2.31. The van der Waals surface area contributed by atoms with E-state index in [0.29, 0.717) is 22.9 Å². The summed E-state index contributed by atoms with van der Waals surface area (Å²) >= 11 is 7.66. The van der Waals surface area contributed by atoms with Crippen LogP contribution in [0.4, 0.5) is 5.69 Å². The topological polar surface area (TPSA) is 69.7 Å². The van der Waals surface area contributed by atoms with Crippen molar-refractivity contribution in [3.63, 3.8) is 0 Å². The largest absolute Gasteiger partial charge is 0.335 e. The van der Waals surface area contributed by atoms with Gasteiger partial charge in [0.1, 0.15) is 6.04 Å². The molecular weight excluding hydrogens is 362 g/mol. The molecule has 0 unspecified atom stereocenters. The van der Waals surface area contributed by atoms with E-state index in [1.54, 1.807) is 48.0 Å². The number of nitrogens with one attached hydrogen (secondary N) is 1. The molecule has 3 amide bonds. The zero-order valence-corrected chi connectivity index (χ0v) is 15.7. The van der Waals surface area contributed by atoms with Crippen molar-refractivity contribution >= 4 is 46.8 Å². The van der Waals surface area contributed by atoms with E-state index in [4.69, 9.17) is 11.6 Å². The van der Waals surface area contributed by atoms with Crippen LogP contribution >= 0.6 is 23.4 Å². The van der Waals surface area contributed by atoms with Gasteiger partial charge in [0.25, 0.3) is 0 Å². The number of para-hydroxylation sites is 1. The van der Waals surface area contributed by atoms with Crippen LogP contribution in [0.1, 0.15) is 19.8 Å². The molecule has 0 spiro atoms. The molecular formula is C17H20ClN3O3S. The van der Waals surface area contributed by atoms with Crippen molar-refractivity contribution in [1.82, 2.24) is 9.80 Å². The molecule has 3 rings (SSSR count). The fourth-order valence-corrected chi connectivity index (χ4v) is 4.91. The van der Waals surface area contributed by atoms with E-state index in [1.165, 1.54) is 4.90 Å². The van der Waals surface area contributed by atoms with Crippen molar-refractivity contribution < 1.29 is 14.4 Å². The van der Waals surface area contributed by atoms with Gasteiger partial charge in [-0.2, -0.15) is 0 Å². The number of anilines is 1. The molecule has 2 aliphatic rings. The Labute approximate surface area is 155 Å². The Kier molecular flexibility index (Phi) is 4.97. The number of rotatable bonds is 4. The predicted octanol–water partition coefficient (Wildman–Crippen LogP) is 2.19. The van der Waals surface area contributed by atoms with Crippen molar-refractivity contribution in [2.24, 2.45) is 0 Å². The second-order valence-electron chi connectivity index (χ2n) is 6.49. The number of amides is 3. The molecule has 0 bridgehead atoms. The summed E-state index contributed by atoms with van der Waals surface area (Å²) in [6.07, 6.45) is 1.24. The third-order valence-corrected chi connectivity index (χ3v) is 6.47. The zero-order chi connectivity index (χ0) is 18.2. The maximum Gasteiger partial charge on any atom is 0.246 e. The second-order valence-corrected chi connectivity index (χ2v) is 8.40. The molecule has 6 nitrogen and oxygen atoms in total. The Hall–Kier alpha value is -1.73. The first-order valence-electron chi connectivity index (χ1n) is 8.07. The molecule has 134 valence electrons. The summed E-state index contributed by atoms with van der Waals surface area (Å²) in [7, 11) is 1.58. The normalized spacial score (nSPS) is 25.0. The van der Waals surface area contributed by atoms with Crippen molar-refractivity contribution in [1.29, 1.82) is 0 Å². The fourth-order valence-electron chi connectivity index (χ4n) is 3.30. The lowest BCUT2D eigenvalue weighted by Crippen LogP contribution is -2.51. The summed E-state index contributed by atoms with van der Waals surface area (Å²) in [5.41, 5.74) is 0.508. The molecule has 0 radical (unpaired) electrons.